The lowest BCUT2D eigenvalue weighted by atomic mass is 10.5. The van der Waals surface area contributed by atoms with Crippen LogP contribution in [0.15, 0.2) is 4.90 Å². The highest BCUT2D eigenvalue weighted by Crippen LogP contribution is 2.35. The van der Waals surface area contributed by atoms with Crippen molar-refractivity contribution in [3.63, 3.8) is 0 Å². The summed E-state index contributed by atoms with van der Waals surface area (Å²) in [6.07, 6.45) is 0. The Hall–Kier alpha value is -0.860. The smallest absolute Gasteiger partial charge is 0.249 e. The van der Waals surface area contributed by atoms with E-state index in [0.717, 1.165) is 15.8 Å². The van der Waals surface area contributed by atoms with Crippen LogP contribution < -0.4 is 10.6 Å². The molecule has 0 saturated heterocycles. The van der Waals surface area contributed by atoms with Gasteiger partial charge in [-0.2, -0.15) is 4.37 Å². The number of nitrogen functional groups attached to an aromatic ring is 1. The molecule has 8 heteroatoms. The van der Waals surface area contributed by atoms with Crippen molar-refractivity contribution in [2.24, 2.45) is 0 Å². The number of sulfonamides is 1. The normalized spacial score (nSPS) is 12.1. The van der Waals surface area contributed by atoms with Crippen LogP contribution in [0.4, 0.5) is 10.8 Å². The summed E-state index contributed by atoms with van der Waals surface area (Å²) >= 11 is 1.12. The molecule has 17 heavy (non-hydrogen) atoms. The Balaban J connectivity index is 3.39. The average Bonchev–Trinajstić information content (AvgIpc) is 2.62. The second kappa shape index (κ2) is 5.19. The molecule has 0 saturated carbocycles. The Bertz CT molecular complexity index is 477. The van der Waals surface area contributed by atoms with E-state index in [1.54, 1.807) is 0 Å². The van der Waals surface area contributed by atoms with Crippen molar-refractivity contribution in [3.8, 4) is 0 Å². The zero-order valence-corrected chi connectivity index (χ0v) is 12.1. The fourth-order valence-corrected chi connectivity index (χ4v) is 3.77. The topological polar surface area (TPSA) is 79.5 Å². The summed E-state index contributed by atoms with van der Waals surface area (Å²) in [6, 6.07) is 0. The molecule has 6 nitrogen and oxygen atoms in total. The van der Waals surface area contributed by atoms with Gasteiger partial charge in [0.2, 0.25) is 10.0 Å². The first kappa shape index (κ1) is 14.2. The van der Waals surface area contributed by atoms with Gasteiger partial charge in [0, 0.05) is 27.2 Å². The average molecular weight is 278 g/mol. The standard InChI is InChI=1S/C9H18N4O2S2/c1-5-13(6-2)9-7(8(10)11-16-9)17(14,15)12(3)4/h5-6H2,1-4H3,(H2,10,11). The molecule has 0 aliphatic carbocycles. The van der Waals surface area contributed by atoms with E-state index in [4.69, 9.17) is 5.73 Å². The lowest BCUT2D eigenvalue weighted by Crippen LogP contribution is -2.27. The van der Waals surface area contributed by atoms with Crippen LogP contribution in [0.5, 0.6) is 0 Å². The Morgan fingerprint density at radius 1 is 1.29 bits per heavy atom. The first-order chi connectivity index (χ1) is 7.86. The third kappa shape index (κ3) is 2.53. The van der Waals surface area contributed by atoms with Crippen LogP contribution in [0.1, 0.15) is 13.8 Å². The quantitative estimate of drug-likeness (QED) is 0.862. The van der Waals surface area contributed by atoms with Gasteiger partial charge in [-0.05, 0) is 25.4 Å². The molecule has 98 valence electrons. The monoisotopic (exact) mass is 278 g/mol. The number of anilines is 2. The van der Waals surface area contributed by atoms with Crippen LogP contribution >= 0.6 is 11.5 Å². The summed E-state index contributed by atoms with van der Waals surface area (Å²) < 4.78 is 29.4. The van der Waals surface area contributed by atoms with Crippen molar-refractivity contribution in [2.45, 2.75) is 18.7 Å². The van der Waals surface area contributed by atoms with Crippen molar-refractivity contribution in [2.75, 3.05) is 37.8 Å². The van der Waals surface area contributed by atoms with Crippen molar-refractivity contribution in [1.29, 1.82) is 0 Å². The third-order valence-electron chi connectivity index (χ3n) is 2.45. The van der Waals surface area contributed by atoms with Crippen LogP contribution in [0.3, 0.4) is 0 Å². The zero-order valence-electron chi connectivity index (χ0n) is 10.5. The minimum absolute atomic E-state index is 0.0746. The minimum Gasteiger partial charge on any atom is -0.382 e. The van der Waals surface area contributed by atoms with Crippen molar-refractivity contribution >= 4 is 32.4 Å². The molecule has 1 heterocycles. The molecule has 0 radical (unpaired) electrons. The largest absolute Gasteiger partial charge is 0.382 e. The molecular formula is C9H18N4O2S2. The van der Waals surface area contributed by atoms with Gasteiger partial charge in [0.25, 0.3) is 0 Å². The predicted molar refractivity (Wildman–Crippen MR) is 71.0 cm³/mol. The number of nitrogens with zero attached hydrogens (tertiary/aromatic N) is 3. The Morgan fingerprint density at radius 2 is 1.82 bits per heavy atom. The lowest BCUT2D eigenvalue weighted by Gasteiger charge is -2.21. The second-order valence-corrected chi connectivity index (χ2v) is 6.50. The van der Waals surface area contributed by atoms with E-state index in [2.05, 4.69) is 4.37 Å². The molecule has 0 spiro atoms. The first-order valence-electron chi connectivity index (χ1n) is 5.28. The van der Waals surface area contributed by atoms with Crippen LogP contribution in [0.25, 0.3) is 0 Å². The molecule has 0 bridgehead atoms. The minimum atomic E-state index is -3.55. The molecule has 1 aromatic rings. The third-order valence-corrected chi connectivity index (χ3v) is 5.38. The number of nitrogens with two attached hydrogens (primary N) is 1. The molecular weight excluding hydrogens is 260 g/mol. The van der Waals surface area contributed by atoms with Gasteiger partial charge in [-0.3, -0.25) is 0 Å². The van der Waals surface area contributed by atoms with Crippen LogP contribution in [0.2, 0.25) is 0 Å². The Kier molecular flexibility index (Phi) is 4.34. The van der Waals surface area contributed by atoms with Gasteiger partial charge in [0.1, 0.15) is 5.00 Å². The molecule has 0 aliphatic heterocycles. The molecule has 0 aliphatic rings. The van der Waals surface area contributed by atoms with Crippen LogP contribution in [-0.4, -0.2) is 44.3 Å². The van der Waals surface area contributed by atoms with Gasteiger partial charge in [0.05, 0.1) is 0 Å². The summed E-state index contributed by atoms with van der Waals surface area (Å²) in [5, 5.41) is 0.612. The van der Waals surface area contributed by atoms with Gasteiger partial charge in [-0.15, -0.1) is 0 Å². The van der Waals surface area contributed by atoms with E-state index in [1.165, 1.54) is 14.1 Å². The molecule has 0 unspecified atom stereocenters. The zero-order chi connectivity index (χ0) is 13.2. The highest BCUT2D eigenvalue weighted by atomic mass is 32.2. The van der Waals surface area contributed by atoms with Gasteiger partial charge >= 0.3 is 0 Å². The highest BCUT2D eigenvalue weighted by Gasteiger charge is 2.29. The molecule has 1 rings (SSSR count). The molecule has 0 amide bonds. The number of rotatable bonds is 5. The van der Waals surface area contributed by atoms with Gasteiger partial charge in [-0.1, -0.05) is 0 Å². The lowest BCUT2D eigenvalue weighted by molar-refractivity contribution is 0.521. The van der Waals surface area contributed by atoms with Crippen LogP contribution in [0, 0.1) is 0 Å². The fourth-order valence-electron chi connectivity index (χ4n) is 1.42. The summed E-state index contributed by atoms with van der Waals surface area (Å²) in [5.41, 5.74) is 5.68. The Morgan fingerprint density at radius 3 is 2.24 bits per heavy atom. The van der Waals surface area contributed by atoms with E-state index in [1.807, 2.05) is 18.7 Å². The SMILES string of the molecule is CCN(CC)c1snc(N)c1S(=O)(=O)N(C)C. The molecule has 0 fully saturated rings. The summed E-state index contributed by atoms with van der Waals surface area (Å²) in [6.45, 7) is 5.36. The van der Waals surface area contributed by atoms with Gasteiger partial charge in [0.15, 0.2) is 10.7 Å². The van der Waals surface area contributed by atoms with E-state index in [9.17, 15) is 8.42 Å². The number of aromatic nitrogens is 1. The summed E-state index contributed by atoms with van der Waals surface area (Å²) in [4.78, 5) is 2.06. The number of hydrogen-bond acceptors (Lipinski definition) is 6. The maximum absolute atomic E-state index is 12.2. The summed E-state index contributed by atoms with van der Waals surface area (Å²) in [7, 11) is -0.576. The van der Waals surface area contributed by atoms with Crippen molar-refractivity contribution in [3.05, 3.63) is 0 Å². The first-order valence-corrected chi connectivity index (χ1v) is 7.50. The molecule has 2 N–H and O–H groups in total. The van der Waals surface area contributed by atoms with E-state index >= 15 is 0 Å². The van der Waals surface area contributed by atoms with Crippen molar-refractivity contribution < 1.29 is 8.42 Å². The molecule has 0 aromatic carbocycles. The highest BCUT2D eigenvalue weighted by molar-refractivity contribution is 7.89. The van der Waals surface area contributed by atoms with Gasteiger partial charge < -0.3 is 10.6 Å². The fraction of sp³-hybridized carbons (Fsp3) is 0.667. The molecule has 0 atom stereocenters. The van der Waals surface area contributed by atoms with E-state index in [-0.39, 0.29) is 10.7 Å². The second-order valence-electron chi connectivity index (χ2n) is 3.66. The molecule has 1 aromatic heterocycles. The summed E-state index contributed by atoms with van der Waals surface area (Å²) in [5.74, 6) is 0.0746. The number of hydrogen-bond donors (Lipinski definition) is 1. The van der Waals surface area contributed by atoms with Crippen molar-refractivity contribution in [1.82, 2.24) is 8.68 Å². The van der Waals surface area contributed by atoms with E-state index < -0.39 is 10.0 Å². The predicted octanol–water partition coefficient (Wildman–Crippen LogP) is 0.822. The van der Waals surface area contributed by atoms with Gasteiger partial charge in [-0.25, -0.2) is 12.7 Å². The van der Waals surface area contributed by atoms with Crippen LogP contribution in [-0.2, 0) is 10.0 Å². The maximum Gasteiger partial charge on any atom is 0.249 e. The van der Waals surface area contributed by atoms with E-state index in [0.29, 0.717) is 18.1 Å². The Labute approximate surface area is 106 Å². The maximum atomic E-state index is 12.2.